The highest BCUT2D eigenvalue weighted by Crippen LogP contribution is 2.24. The van der Waals surface area contributed by atoms with E-state index in [1.807, 2.05) is 42.5 Å². The second kappa shape index (κ2) is 9.62. The Labute approximate surface area is 186 Å². The fraction of sp³-hybridized carbons (Fsp3) is 0.333. The molecule has 164 valence electrons. The minimum absolute atomic E-state index is 0.227. The van der Waals surface area contributed by atoms with Gasteiger partial charge in [-0.25, -0.2) is 0 Å². The summed E-state index contributed by atoms with van der Waals surface area (Å²) in [4.78, 5) is 34.8. The monoisotopic (exact) mass is 430 g/mol. The Balaban J connectivity index is 1.38. The van der Waals surface area contributed by atoms with Crippen molar-refractivity contribution in [3.63, 3.8) is 0 Å². The molecule has 0 saturated carbocycles. The molecule has 2 unspecified atom stereocenters. The van der Waals surface area contributed by atoms with Crippen LogP contribution in [-0.2, 0) is 22.6 Å². The van der Waals surface area contributed by atoms with Gasteiger partial charge in [0.2, 0.25) is 11.8 Å². The number of nitrogens with one attached hydrogen (secondary N) is 2. The predicted molar refractivity (Wildman–Crippen MR) is 120 cm³/mol. The summed E-state index contributed by atoms with van der Waals surface area (Å²) >= 11 is 0. The van der Waals surface area contributed by atoms with Crippen LogP contribution in [0.1, 0.15) is 24.1 Å². The van der Waals surface area contributed by atoms with Crippen molar-refractivity contribution in [2.45, 2.75) is 37.9 Å². The van der Waals surface area contributed by atoms with Gasteiger partial charge in [0.25, 0.3) is 0 Å². The molecule has 1 fully saturated rings. The lowest BCUT2D eigenvalue weighted by molar-refractivity contribution is -0.139. The standard InChI is InChI=1S/C24H26N6O2/c25-12-17-10-22(23(31)28-14-19-11-18-13-27-9-8-21(18)29-19)30(15-17)24(32)20(26)7-6-16-4-2-1-3-5-16/h1-5,8-9,11,13,17,20,22,29H,6-7,10,14-15,26H2,(H,28,31)/t17?,20-,22?/m1/s1. The van der Waals surface area contributed by atoms with Gasteiger partial charge in [0.05, 0.1) is 24.6 Å². The van der Waals surface area contributed by atoms with E-state index in [0.717, 1.165) is 22.2 Å². The second-order valence-corrected chi connectivity index (χ2v) is 8.17. The maximum Gasteiger partial charge on any atom is 0.243 e. The third kappa shape index (κ3) is 4.79. The van der Waals surface area contributed by atoms with Gasteiger partial charge in [-0.15, -0.1) is 0 Å². The largest absolute Gasteiger partial charge is 0.357 e. The van der Waals surface area contributed by atoms with E-state index in [4.69, 9.17) is 5.73 Å². The van der Waals surface area contributed by atoms with Crippen LogP contribution >= 0.6 is 0 Å². The number of pyridine rings is 1. The number of carbonyl (C=O) groups excluding carboxylic acids is 2. The quantitative estimate of drug-likeness (QED) is 0.527. The molecule has 1 aliphatic heterocycles. The van der Waals surface area contributed by atoms with Crippen molar-refractivity contribution in [3.05, 3.63) is 66.1 Å². The first-order valence-corrected chi connectivity index (χ1v) is 10.7. The molecular weight excluding hydrogens is 404 g/mol. The lowest BCUT2D eigenvalue weighted by atomic mass is 10.0. The summed E-state index contributed by atoms with van der Waals surface area (Å²) in [5.74, 6) is -0.936. The van der Waals surface area contributed by atoms with E-state index in [1.165, 1.54) is 4.90 Å². The Bertz CT molecular complexity index is 1100. The van der Waals surface area contributed by atoms with Crippen molar-refractivity contribution in [2.24, 2.45) is 11.7 Å². The SMILES string of the molecule is N#CC1CC(C(=O)NCc2cc3cnccc3[nH]2)N(C(=O)[C@H](N)CCc2ccccc2)C1. The molecule has 32 heavy (non-hydrogen) atoms. The predicted octanol–water partition coefficient (Wildman–Crippen LogP) is 1.88. The Kier molecular flexibility index (Phi) is 6.47. The molecule has 1 aliphatic rings. The first-order valence-electron chi connectivity index (χ1n) is 10.7. The van der Waals surface area contributed by atoms with Gasteiger partial charge in [-0.05, 0) is 37.0 Å². The van der Waals surface area contributed by atoms with Gasteiger partial charge in [-0.3, -0.25) is 14.6 Å². The molecule has 2 amide bonds. The van der Waals surface area contributed by atoms with Gasteiger partial charge < -0.3 is 20.9 Å². The van der Waals surface area contributed by atoms with Gasteiger partial charge >= 0.3 is 0 Å². The average molecular weight is 431 g/mol. The summed E-state index contributed by atoms with van der Waals surface area (Å²) in [7, 11) is 0. The molecular formula is C24H26N6O2. The fourth-order valence-corrected chi connectivity index (χ4v) is 4.15. The van der Waals surface area contributed by atoms with Crippen LogP contribution in [0.25, 0.3) is 10.9 Å². The lowest BCUT2D eigenvalue weighted by Crippen LogP contribution is -2.51. The van der Waals surface area contributed by atoms with Crippen LogP contribution in [0.5, 0.6) is 0 Å². The number of aromatic nitrogens is 2. The highest BCUT2D eigenvalue weighted by molar-refractivity contribution is 5.90. The fourth-order valence-electron chi connectivity index (χ4n) is 4.15. The minimum atomic E-state index is -0.718. The van der Waals surface area contributed by atoms with Crippen molar-refractivity contribution in [1.82, 2.24) is 20.2 Å². The van der Waals surface area contributed by atoms with Gasteiger partial charge in [-0.1, -0.05) is 30.3 Å². The molecule has 3 atom stereocenters. The highest BCUT2D eigenvalue weighted by atomic mass is 16.2. The van der Waals surface area contributed by atoms with Gasteiger partial charge in [0.1, 0.15) is 6.04 Å². The molecule has 4 rings (SSSR count). The molecule has 0 spiro atoms. The maximum absolute atomic E-state index is 13.0. The number of aryl methyl sites for hydroxylation is 1. The van der Waals surface area contributed by atoms with Gasteiger partial charge in [-0.2, -0.15) is 5.26 Å². The molecule has 0 bridgehead atoms. The van der Waals surface area contributed by atoms with E-state index in [-0.39, 0.29) is 24.3 Å². The zero-order chi connectivity index (χ0) is 22.5. The third-order valence-electron chi connectivity index (χ3n) is 5.90. The molecule has 0 radical (unpaired) electrons. The summed E-state index contributed by atoms with van der Waals surface area (Å²) in [6, 6.07) is 14.4. The summed E-state index contributed by atoms with van der Waals surface area (Å²) < 4.78 is 0. The zero-order valence-electron chi connectivity index (χ0n) is 17.7. The van der Waals surface area contributed by atoms with Crippen molar-refractivity contribution in [2.75, 3.05) is 6.54 Å². The molecule has 4 N–H and O–H groups in total. The van der Waals surface area contributed by atoms with Crippen molar-refractivity contribution in [1.29, 1.82) is 5.26 Å². The number of benzene rings is 1. The number of rotatable bonds is 7. The van der Waals surface area contributed by atoms with Crippen molar-refractivity contribution in [3.8, 4) is 6.07 Å². The van der Waals surface area contributed by atoms with Crippen LogP contribution in [0, 0.1) is 17.2 Å². The third-order valence-corrected chi connectivity index (χ3v) is 5.90. The van der Waals surface area contributed by atoms with E-state index < -0.39 is 12.1 Å². The van der Waals surface area contributed by atoms with Crippen LogP contribution in [0.2, 0.25) is 0 Å². The molecule has 8 heteroatoms. The Morgan fingerprint density at radius 2 is 2.12 bits per heavy atom. The van der Waals surface area contributed by atoms with Crippen LogP contribution in [0.15, 0.2) is 54.9 Å². The number of H-pyrrole nitrogens is 1. The van der Waals surface area contributed by atoms with E-state index >= 15 is 0 Å². The molecule has 0 aliphatic carbocycles. The number of nitrogens with zero attached hydrogens (tertiary/aromatic N) is 3. The molecule has 1 aromatic carbocycles. The molecule has 3 aromatic rings. The molecule has 1 saturated heterocycles. The van der Waals surface area contributed by atoms with E-state index in [9.17, 15) is 14.9 Å². The van der Waals surface area contributed by atoms with Crippen LogP contribution in [0.4, 0.5) is 0 Å². The van der Waals surface area contributed by atoms with Gasteiger partial charge in [0.15, 0.2) is 0 Å². The number of amides is 2. The van der Waals surface area contributed by atoms with Crippen molar-refractivity contribution < 1.29 is 9.59 Å². The Morgan fingerprint density at radius 3 is 2.88 bits per heavy atom. The van der Waals surface area contributed by atoms with Crippen molar-refractivity contribution >= 4 is 22.7 Å². The topological polar surface area (TPSA) is 128 Å². The number of aromatic amines is 1. The molecule has 8 nitrogen and oxygen atoms in total. The van der Waals surface area contributed by atoms with Gasteiger partial charge in [0, 0.05) is 35.5 Å². The second-order valence-electron chi connectivity index (χ2n) is 8.17. The van der Waals surface area contributed by atoms with E-state index in [0.29, 0.717) is 25.8 Å². The summed E-state index contributed by atoms with van der Waals surface area (Å²) in [5.41, 5.74) is 9.07. The van der Waals surface area contributed by atoms with Crippen LogP contribution in [0.3, 0.4) is 0 Å². The Hall–Kier alpha value is -3.70. The van der Waals surface area contributed by atoms with E-state index in [1.54, 1.807) is 12.4 Å². The number of fused-ring (bicyclic) bond motifs is 1. The number of hydrogen-bond acceptors (Lipinski definition) is 5. The Morgan fingerprint density at radius 1 is 1.31 bits per heavy atom. The number of hydrogen-bond donors (Lipinski definition) is 3. The average Bonchev–Trinajstić information content (AvgIpc) is 3.45. The van der Waals surface area contributed by atoms with Crippen LogP contribution in [-0.4, -0.2) is 45.3 Å². The smallest absolute Gasteiger partial charge is 0.243 e. The first kappa shape index (κ1) is 21.5. The normalized spacial score (nSPS) is 18.9. The number of nitriles is 1. The van der Waals surface area contributed by atoms with E-state index in [2.05, 4.69) is 21.4 Å². The summed E-state index contributed by atoms with van der Waals surface area (Å²) in [5, 5.41) is 13.2. The number of likely N-dealkylation sites (tertiary alicyclic amines) is 1. The minimum Gasteiger partial charge on any atom is -0.357 e. The summed E-state index contributed by atoms with van der Waals surface area (Å²) in [6.07, 6.45) is 4.93. The summed E-state index contributed by atoms with van der Waals surface area (Å²) in [6.45, 7) is 0.522. The van der Waals surface area contributed by atoms with Crippen LogP contribution < -0.4 is 11.1 Å². The number of carbonyl (C=O) groups is 2. The number of nitrogens with two attached hydrogens (primary N) is 1. The highest BCUT2D eigenvalue weighted by Gasteiger charge is 2.40. The molecule has 3 heterocycles. The zero-order valence-corrected chi connectivity index (χ0v) is 17.7. The maximum atomic E-state index is 13.0. The first-order chi connectivity index (χ1) is 15.5. The lowest BCUT2D eigenvalue weighted by Gasteiger charge is -2.26. The molecule has 2 aromatic heterocycles.